The van der Waals surface area contributed by atoms with Crippen LogP contribution in [0.15, 0.2) is 28.8 Å². The average molecular weight is 389 g/mol. The summed E-state index contributed by atoms with van der Waals surface area (Å²) in [5, 5.41) is 7.83. The monoisotopic (exact) mass is 388 g/mol. The number of rotatable bonds is 6. The van der Waals surface area contributed by atoms with Crippen molar-refractivity contribution >= 4 is 23.2 Å². The average Bonchev–Trinajstić information content (AvgIpc) is 3.40. The van der Waals surface area contributed by atoms with E-state index in [1.54, 1.807) is 0 Å². The third kappa shape index (κ3) is 4.69. The minimum absolute atomic E-state index is 0.000562. The second kappa shape index (κ2) is 8.00. The number of carbonyl (C=O) groups is 1. The summed E-state index contributed by atoms with van der Waals surface area (Å²) in [4.78, 5) is 16.9. The van der Waals surface area contributed by atoms with Crippen molar-refractivity contribution < 1.29 is 9.32 Å². The van der Waals surface area contributed by atoms with Crippen LogP contribution in [0.3, 0.4) is 0 Å². The normalized spacial score (nSPS) is 18.6. The highest BCUT2D eigenvalue weighted by Gasteiger charge is 2.28. The van der Waals surface area contributed by atoms with Gasteiger partial charge in [0, 0.05) is 55.4 Å². The van der Waals surface area contributed by atoms with Gasteiger partial charge in [0.05, 0.1) is 12.2 Å². The summed E-state index contributed by atoms with van der Waals surface area (Å²) in [6.45, 7) is 6.72. The molecule has 2 fully saturated rings. The lowest BCUT2D eigenvalue weighted by atomic mass is 10.2. The number of piperazine rings is 1. The first-order chi connectivity index (χ1) is 13.1. The van der Waals surface area contributed by atoms with Gasteiger partial charge in [-0.1, -0.05) is 22.8 Å². The van der Waals surface area contributed by atoms with Crippen LogP contribution in [0.4, 0.5) is 5.69 Å². The highest BCUT2D eigenvalue weighted by atomic mass is 35.5. The van der Waals surface area contributed by atoms with Gasteiger partial charge in [0.25, 0.3) is 0 Å². The summed E-state index contributed by atoms with van der Waals surface area (Å²) in [6.07, 6.45) is 2.45. The van der Waals surface area contributed by atoms with E-state index in [9.17, 15) is 4.79 Å². The largest absolute Gasteiger partial charge is 0.361 e. The van der Waals surface area contributed by atoms with Crippen LogP contribution in [0.2, 0.25) is 5.02 Å². The van der Waals surface area contributed by atoms with Crippen LogP contribution >= 0.6 is 11.6 Å². The Kier molecular flexibility index (Phi) is 5.48. The van der Waals surface area contributed by atoms with E-state index in [2.05, 4.69) is 26.3 Å². The van der Waals surface area contributed by atoms with Crippen molar-refractivity contribution in [2.24, 2.45) is 0 Å². The number of nitrogens with zero attached hydrogens (tertiary/aromatic N) is 3. The predicted octanol–water partition coefficient (Wildman–Crippen LogP) is 3.27. The Labute approximate surface area is 164 Å². The van der Waals surface area contributed by atoms with Gasteiger partial charge in [0.15, 0.2) is 0 Å². The summed E-state index contributed by atoms with van der Waals surface area (Å²) in [6, 6.07) is 7.66. The van der Waals surface area contributed by atoms with E-state index in [0.29, 0.717) is 17.5 Å². The fourth-order valence-electron chi connectivity index (χ4n) is 3.43. The molecule has 1 aromatic heterocycles. The quantitative estimate of drug-likeness (QED) is 0.822. The van der Waals surface area contributed by atoms with Crippen LogP contribution in [0.25, 0.3) is 0 Å². The van der Waals surface area contributed by atoms with Gasteiger partial charge in [-0.3, -0.25) is 14.6 Å². The van der Waals surface area contributed by atoms with Crippen molar-refractivity contribution in [1.82, 2.24) is 15.0 Å². The fraction of sp³-hybridized carbons (Fsp3) is 0.500. The number of benzene rings is 1. The maximum atomic E-state index is 12.4. The molecule has 1 aromatic carbocycles. The highest BCUT2D eigenvalue weighted by molar-refractivity contribution is 6.31. The molecule has 0 atom stereocenters. The first-order valence-corrected chi connectivity index (χ1v) is 9.91. The second-order valence-electron chi connectivity index (χ2n) is 7.51. The van der Waals surface area contributed by atoms with E-state index >= 15 is 0 Å². The minimum Gasteiger partial charge on any atom is -0.361 e. The van der Waals surface area contributed by atoms with Crippen LogP contribution in [-0.4, -0.2) is 53.6 Å². The lowest BCUT2D eigenvalue weighted by Crippen LogP contribution is -2.48. The molecule has 2 heterocycles. The zero-order valence-electron chi connectivity index (χ0n) is 15.6. The standard InChI is InChI=1S/C20H25ClN4O2/c1-14-17(21)3-2-4-18(14)22-20(26)13-25-9-7-24(8-10-25)12-16-11-19(27-23-16)15-5-6-15/h2-4,11,15H,5-10,12-13H2,1H3,(H,22,26). The lowest BCUT2D eigenvalue weighted by Gasteiger charge is -2.33. The Morgan fingerprint density at radius 3 is 2.74 bits per heavy atom. The number of nitrogens with one attached hydrogen (secondary N) is 1. The lowest BCUT2D eigenvalue weighted by molar-refractivity contribution is -0.117. The van der Waals surface area contributed by atoms with Crippen molar-refractivity contribution in [3.63, 3.8) is 0 Å². The Morgan fingerprint density at radius 1 is 1.26 bits per heavy atom. The minimum atomic E-state index is -0.000562. The van der Waals surface area contributed by atoms with Crippen molar-refractivity contribution in [2.45, 2.75) is 32.2 Å². The van der Waals surface area contributed by atoms with Gasteiger partial charge in [0.1, 0.15) is 5.76 Å². The topological polar surface area (TPSA) is 61.6 Å². The molecular formula is C20H25ClN4O2. The molecule has 7 heteroatoms. The molecule has 2 aromatic rings. The van der Waals surface area contributed by atoms with Crippen molar-refractivity contribution in [3.8, 4) is 0 Å². The van der Waals surface area contributed by atoms with Crippen molar-refractivity contribution in [1.29, 1.82) is 0 Å². The van der Waals surface area contributed by atoms with Gasteiger partial charge in [-0.2, -0.15) is 0 Å². The van der Waals surface area contributed by atoms with Gasteiger partial charge >= 0.3 is 0 Å². The van der Waals surface area contributed by atoms with Gasteiger partial charge in [-0.25, -0.2) is 0 Å². The van der Waals surface area contributed by atoms with Gasteiger partial charge in [0.2, 0.25) is 5.91 Å². The number of halogens is 1. The molecule has 1 amide bonds. The molecule has 6 nitrogen and oxygen atoms in total. The Balaban J connectivity index is 1.22. The summed E-state index contributed by atoms with van der Waals surface area (Å²) in [5.41, 5.74) is 2.69. The number of hydrogen-bond donors (Lipinski definition) is 1. The molecular weight excluding hydrogens is 364 g/mol. The Hall–Kier alpha value is -1.89. The van der Waals surface area contributed by atoms with E-state index in [1.165, 1.54) is 12.8 Å². The molecule has 1 aliphatic carbocycles. The van der Waals surface area contributed by atoms with Gasteiger partial charge in [-0.05, 0) is 37.5 Å². The molecule has 0 radical (unpaired) electrons. The van der Waals surface area contributed by atoms with Gasteiger partial charge < -0.3 is 9.84 Å². The zero-order chi connectivity index (χ0) is 18.8. The van der Waals surface area contributed by atoms with Crippen LogP contribution < -0.4 is 5.32 Å². The van der Waals surface area contributed by atoms with Crippen molar-refractivity contribution in [2.75, 3.05) is 38.0 Å². The molecule has 0 bridgehead atoms. The summed E-state index contributed by atoms with van der Waals surface area (Å²) in [5.74, 6) is 1.64. The summed E-state index contributed by atoms with van der Waals surface area (Å²) in [7, 11) is 0. The fourth-order valence-corrected chi connectivity index (χ4v) is 3.61. The van der Waals surface area contributed by atoms with Crippen LogP contribution in [0, 0.1) is 6.92 Å². The summed E-state index contributed by atoms with van der Waals surface area (Å²) < 4.78 is 5.43. The van der Waals surface area contributed by atoms with Gasteiger partial charge in [-0.15, -0.1) is 0 Å². The zero-order valence-corrected chi connectivity index (χ0v) is 16.3. The number of hydrogen-bond acceptors (Lipinski definition) is 5. The first kappa shape index (κ1) is 18.5. The van der Waals surface area contributed by atoms with E-state index in [-0.39, 0.29) is 5.91 Å². The predicted molar refractivity (Wildman–Crippen MR) is 105 cm³/mol. The smallest absolute Gasteiger partial charge is 0.238 e. The first-order valence-electron chi connectivity index (χ1n) is 9.53. The van der Waals surface area contributed by atoms with Crippen molar-refractivity contribution in [3.05, 3.63) is 46.3 Å². The Bertz CT molecular complexity index is 810. The SMILES string of the molecule is Cc1c(Cl)cccc1NC(=O)CN1CCN(Cc2cc(C3CC3)on2)CC1. The second-order valence-corrected chi connectivity index (χ2v) is 7.91. The molecule has 1 N–H and O–H groups in total. The van der Waals surface area contributed by atoms with E-state index in [0.717, 1.165) is 55.4 Å². The molecule has 0 unspecified atom stereocenters. The van der Waals surface area contributed by atoms with Crippen LogP contribution in [-0.2, 0) is 11.3 Å². The summed E-state index contributed by atoms with van der Waals surface area (Å²) >= 11 is 6.11. The molecule has 2 aliphatic rings. The Morgan fingerprint density at radius 2 is 2.00 bits per heavy atom. The van der Waals surface area contributed by atoms with Crippen LogP contribution in [0.5, 0.6) is 0 Å². The van der Waals surface area contributed by atoms with E-state index in [1.807, 2.05) is 25.1 Å². The number of carbonyl (C=O) groups excluding carboxylic acids is 1. The van der Waals surface area contributed by atoms with E-state index in [4.69, 9.17) is 16.1 Å². The third-order valence-electron chi connectivity index (χ3n) is 5.32. The van der Waals surface area contributed by atoms with Crippen LogP contribution in [0.1, 0.15) is 35.8 Å². The molecule has 144 valence electrons. The molecule has 1 saturated carbocycles. The molecule has 1 aliphatic heterocycles. The number of amides is 1. The maximum absolute atomic E-state index is 12.4. The number of anilines is 1. The maximum Gasteiger partial charge on any atom is 0.238 e. The molecule has 1 saturated heterocycles. The van der Waals surface area contributed by atoms with E-state index < -0.39 is 0 Å². The number of aromatic nitrogens is 1. The molecule has 4 rings (SSSR count). The molecule has 0 spiro atoms. The highest BCUT2D eigenvalue weighted by Crippen LogP contribution is 2.40. The third-order valence-corrected chi connectivity index (χ3v) is 5.73. The molecule has 27 heavy (non-hydrogen) atoms.